The van der Waals surface area contributed by atoms with Crippen LogP contribution in [-0.2, 0) is 5.41 Å². The summed E-state index contributed by atoms with van der Waals surface area (Å²) >= 11 is 0. The summed E-state index contributed by atoms with van der Waals surface area (Å²) in [6.45, 7) is 4.75. The molecule has 0 fully saturated rings. The first kappa shape index (κ1) is 35.7. The van der Waals surface area contributed by atoms with Crippen molar-refractivity contribution in [2.45, 2.75) is 19.3 Å². The third-order valence-electron chi connectivity index (χ3n) is 12.6. The molecule has 0 saturated carbocycles. The molecule has 0 amide bonds. The third kappa shape index (κ3) is 5.93. The van der Waals surface area contributed by atoms with Crippen molar-refractivity contribution in [3.63, 3.8) is 0 Å². The molecule has 11 rings (SSSR count). The lowest BCUT2D eigenvalue weighted by Crippen LogP contribution is -2.17. The average molecular weight is 766 g/mol. The lowest BCUT2D eigenvalue weighted by atomic mass is 9.82. The van der Waals surface area contributed by atoms with Crippen molar-refractivity contribution in [3.8, 4) is 55.6 Å². The standard InChI is InChI=1S/C59H43N/c1-59(2)55-29-17-16-26-51(55)52-35-34-47(39-56(52)59)60(48-37-45(41-20-8-4-9-21-41)36-46(38-48)42-22-10-5-11-23-42)58-54-28-15-13-25-50(54)49-24-12-14-27-53(49)57(58)44-32-30-43(31-33-44)40-18-6-3-7-19-40/h3-39H,1-2H3. The van der Waals surface area contributed by atoms with E-state index in [1.165, 1.54) is 88.3 Å². The molecule has 10 aromatic rings. The van der Waals surface area contributed by atoms with Crippen LogP contribution in [0.5, 0.6) is 0 Å². The van der Waals surface area contributed by atoms with Crippen LogP contribution in [0.1, 0.15) is 25.0 Å². The van der Waals surface area contributed by atoms with Crippen molar-refractivity contribution in [1.82, 2.24) is 0 Å². The van der Waals surface area contributed by atoms with Crippen LogP contribution in [0.2, 0.25) is 0 Å². The van der Waals surface area contributed by atoms with Crippen molar-refractivity contribution in [1.29, 1.82) is 0 Å². The zero-order valence-corrected chi connectivity index (χ0v) is 33.8. The number of rotatable bonds is 7. The van der Waals surface area contributed by atoms with E-state index in [2.05, 4.69) is 243 Å². The summed E-state index contributed by atoms with van der Waals surface area (Å²) in [7, 11) is 0. The second-order valence-electron chi connectivity index (χ2n) is 16.5. The number of nitrogens with zero attached hydrogens (tertiary/aromatic N) is 1. The Labute approximate surface area is 352 Å². The quantitative estimate of drug-likeness (QED) is 0.146. The fraction of sp³-hybridized carbons (Fsp3) is 0.0508. The molecule has 1 aliphatic carbocycles. The number of anilines is 3. The summed E-state index contributed by atoms with van der Waals surface area (Å²) in [5.41, 5.74) is 18.1. The van der Waals surface area contributed by atoms with Crippen LogP contribution < -0.4 is 4.90 Å². The largest absolute Gasteiger partial charge is 0.309 e. The van der Waals surface area contributed by atoms with E-state index in [1.807, 2.05) is 0 Å². The predicted molar refractivity (Wildman–Crippen MR) is 255 cm³/mol. The van der Waals surface area contributed by atoms with Gasteiger partial charge < -0.3 is 4.90 Å². The van der Waals surface area contributed by atoms with Crippen LogP contribution >= 0.6 is 0 Å². The fourth-order valence-electron chi connectivity index (χ4n) is 9.68. The lowest BCUT2D eigenvalue weighted by molar-refractivity contribution is 0.660. The van der Waals surface area contributed by atoms with Crippen molar-refractivity contribution in [3.05, 3.63) is 236 Å². The Morgan fingerprint density at radius 3 is 1.37 bits per heavy atom. The van der Waals surface area contributed by atoms with E-state index >= 15 is 0 Å². The number of fused-ring (bicyclic) bond motifs is 6. The SMILES string of the molecule is CC1(C)c2ccccc2-c2ccc(N(c3cc(-c4ccccc4)cc(-c4ccccc4)c3)c3c(-c4ccc(-c5ccccc5)cc4)c4ccccc4c4ccccc34)cc21. The van der Waals surface area contributed by atoms with Gasteiger partial charge in [0.1, 0.15) is 0 Å². The van der Waals surface area contributed by atoms with Crippen molar-refractivity contribution >= 4 is 38.6 Å². The minimum Gasteiger partial charge on any atom is -0.309 e. The van der Waals surface area contributed by atoms with Crippen LogP contribution in [0.15, 0.2) is 224 Å². The smallest absolute Gasteiger partial charge is 0.0624 e. The molecule has 0 aromatic heterocycles. The van der Waals surface area contributed by atoms with Crippen LogP contribution in [0.25, 0.3) is 77.2 Å². The Morgan fingerprint density at radius 2 is 0.750 bits per heavy atom. The van der Waals surface area contributed by atoms with Gasteiger partial charge in [0, 0.05) is 27.7 Å². The molecule has 0 heterocycles. The molecule has 284 valence electrons. The highest BCUT2D eigenvalue weighted by Gasteiger charge is 2.36. The minimum absolute atomic E-state index is 0.170. The highest BCUT2D eigenvalue weighted by Crippen LogP contribution is 2.54. The molecule has 0 spiro atoms. The summed E-state index contributed by atoms with van der Waals surface area (Å²) in [5, 5.41) is 4.90. The molecule has 0 radical (unpaired) electrons. The topological polar surface area (TPSA) is 3.24 Å². The fourth-order valence-corrected chi connectivity index (χ4v) is 9.68. The first-order valence-corrected chi connectivity index (χ1v) is 20.9. The van der Waals surface area contributed by atoms with Gasteiger partial charge in [-0.05, 0) is 108 Å². The maximum atomic E-state index is 2.56. The second kappa shape index (κ2) is 14.4. The van der Waals surface area contributed by atoms with E-state index in [1.54, 1.807) is 0 Å². The number of hydrogen-bond donors (Lipinski definition) is 0. The normalized spacial score (nSPS) is 12.6. The average Bonchev–Trinajstić information content (AvgIpc) is 3.55. The monoisotopic (exact) mass is 765 g/mol. The minimum atomic E-state index is -0.170. The van der Waals surface area contributed by atoms with E-state index < -0.39 is 0 Å². The molecule has 0 unspecified atom stereocenters. The highest BCUT2D eigenvalue weighted by molar-refractivity contribution is 6.22. The van der Waals surface area contributed by atoms with E-state index in [-0.39, 0.29) is 5.41 Å². The van der Waals surface area contributed by atoms with E-state index in [4.69, 9.17) is 0 Å². The van der Waals surface area contributed by atoms with Gasteiger partial charge in [0.05, 0.1) is 5.69 Å². The Bertz CT molecular complexity index is 3140. The van der Waals surface area contributed by atoms with Gasteiger partial charge in [-0.2, -0.15) is 0 Å². The van der Waals surface area contributed by atoms with Crippen LogP contribution in [0.4, 0.5) is 17.1 Å². The van der Waals surface area contributed by atoms with E-state index in [0.717, 1.165) is 17.1 Å². The highest BCUT2D eigenvalue weighted by atomic mass is 15.1. The van der Waals surface area contributed by atoms with Gasteiger partial charge in [-0.3, -0.25) is 0 Å². The Balaban J connectivity index is 1.26. The van der Waals surface area contributed by atoms with Crippen LogP contribution in [0, 0.1) is 0 Å². The molecular weight excluding hydrogens is 723 g/mol. The predicted octanol–water partition coefficient (Wildman–Crippen LogP) is 16.4. The maximum absolute atomic E-state index is 2.56. The van der Waals surface area contributed by atoms with Crippen LogP contribution in [0.3, 0.4) is 0 Å². The van der Waals surface area contributed by atoms with Gasteiger partial charge in [-0.25, -0.2) is 0 Å². The molecule has 0 bridgehead atoms. The molecule has 0 aliphatic heterocycles. The molecule has 10 aromatic carbocycles. The van der Waals surface area contributed by atoms with Crippen molar-refractivity contribution < 1.29 is 0 Å². The first-order valence-electron chi connectivity index (χ1n) is 20.9. The van der Waals surface area contributed by atoms with Gasteiger partial charge >= 0.3 is 0 Å². The van der Waals surface area contributed by atoms with Gasteiger partial charge in [0.2, 0.25) is 0 Å². The Morgan fingerprint density at radius 1 is 0.300 bits per heavy atom. The van der Waals surface area contributed by atoms with Gasteiger partial charge in [-0.1, -0.05) is 208 Å². The zero-order chi connectivity index (χ0) is 40.2. The Hall–Kier alpha value is -7.48. The molecular formula is C59H43N. The Kier molecular flexibility index (Phi) is 8.57. The first-order chi connectivity index (χ1) is 29.5. The van der Waals surface area contributed by atoms with E-state index in [0.29, 0.717) is 0 Å². The van der Waals surface area contributed by atoms with E-state index in [9.17, 15) is 0 Å². The summed E-state index contributed by atoms with van der Waals surface area (Å²) in [6.07, 6.45) is 0. The molecule has 0 N–H and O–H groups in total. The van der Waals surface area contributed by atoms with Gasteiger partial charge in [-0.15, -0.1) is 0 Å². The van der Waals surface area contributed by atoms with Crippen LogP contribution in [-0.4, -0.2) is 0 Å². The molecule has 1 heteroatoms. The number of benzene rings is 10. The summed E-state index contributed by atoms with van der Waals surface area (Å²) in [6, 6.07) is 82.6. The molecule has 1 nitrogen and oxygen atoms in total. The molecule has 1 aliphatic rings. The maximum Gasteiger partial charge on any atom is 0.0624 e. The van der Waals surface area contributed by atoms with Gasteiger partial charge in [0.15, 0.2) is 0 Å². The molecule has 0 atom stereocenters. The lowest BCUT2D eigenvalue weighted by Gasteiger charge is -2.32. The van der Waals surface area contributed by atoms with Crippen molar-refractivity contribution in [2.75, 3.05) is 4.90 Å². The summed E-state index contributed by atoms with van der Waals surface area (Å²) < 4.78 is 0. The van der Waals surface area contributed by atoms with Gasteiger partial charge in [0.25, 0.3) is 0 Å². The second-order valence-corrected chi connectivity index (χ2v) is 16.5. The zero-order valence-electron chi connectivity index (χ0n) is 33.8. The summed E-state index contributed by atoms with van der Waals surface area (Å²) in [4.78, 5) is 2.56. The molecule has 60 heavy (non-hydrogen) atoms. The third-order valence-corrected chi connectivity index (χ3v) is 12.6. The summed E-state index contributed by atoms with van der Waals surface area (Å²) in [5.74, 6) is 0. The molecule has 0 saturated heterocycles. The number of hydrogen-bond acceptors (Lipinski definition) is 1. The van der Waals surface area contributed by atoms with Crippen molar-refractivity contribution in [2.24, 2.45) is 0 Å².